The number of carbonyl (C=O) groups is 1. The fraction of sp³-hybridized carbons (Fsp3) is 0.444. The van der Waals surface area contributed by atoms with Crippen molar-refractivity contribution in [2.45, 2.75) is 19.5 Å². The largest absolute Gasteiger partial charge is 0.496 e. The minimum absolute atomic E-state index is 0.318. The van der Waals surface area contributed by atoms with Gasteiger partial charge in [0.15, 0.2) is 0 Å². The van der Waals surface area contributed by atoms with Gasteiger partial charge in [0.1, 0.15) is 5.75 Å². The number of amides is 1. The Morgan fingerprint density at radius 1 is 1.79 bits per heavy atom. The third kappa shape index (κ3) is 2.71. The molecule has 0 aliphatic carbocycles. The van der Waals surface area contributed by atoms with E-state index < -0.39 is 0 Å². The second kappa shape index (κ2) is 4.97. The van der Waals surface area contributed by atoms with Crippen molar-refractivity contribution in [3.63, 3.8) is 0 Å². The van der Waals surface area contributed by atoms with Crippen LogP contribution in [0.5, 0.6) is 5.75 Å². The molecule has 0 bridgehead atoms. The smallest absolute Gasteiger partial charge is 0.234 e. The topological polar surface area (TPSA) is 64.3 Å². The third-order valence-corrected chi connectivity index (χ3v) is 2.82. The first-order chi connectivity index (χ1) is 6.65. The molecule has 1 rings (SSSR count). The van der Waals surface area contributed by atoms with Crippen LogP contribution >= 0.6 is 11.3 Å². The molecule has 1 amide bonds. The lowest BCUT2D eigenvalue weighted by atomic mass is 10.3. The van der Waals surface area contributed by atoms with Crippen molar-refractivity contribution in [1.82, 2.24) is 5.32 Å². The van der Waals surface area contributed by atoms with Gasteiger partial charge in [-0.25, -0.2) is 0 Å². The molecule has 5 heteroatoms. The maximum absolute atomic E-state index is 10.7. The van der Waals surface area contributed by atoms with Crippen LogP contribution in [0.15, 0.2) is 11.4 Å². The zero-order valence-corrected chi connectivity index (χ0v) is 9.06. The Morgan fingerprint density at radius 2 is 2.50 bits per heavy atom. The highest BCUT2D eigenvalue weighted by Crippen LogP contribution is 2.23. The van der Waals surface area contributed by atoms with Crippen molar-refractivity contribution in [3.8, 4) is 5.75 Å². The number of carbonyl (C=O) groups excluding carboxylic acids is 1. The molecule has 0 spiro atoms. The second-order valence-corrected chi connectivity index (χ2v) is 3.92. The van der Waals surface area contributed by atoms with E-state index in [9.17, 15) is 4.79 Å². The molecule has 78 valence electrons. The molecule has 14 heavy (non-hydrogen) atoms. The van der Waals surface area contributed by atoms with Crippen LogP contribution in [0.2, 0.25) is 0 Å². The fourth-order valence-corrected chi connectivity index (χ4v) is 1.78. The van der Waals surface area contributed by atoms with Crippen LogP contribution in [0, 0.1) is 0 Å². The van der Waals surface area contributed by atoms with Gasteiger partial charge in [-0.05, 0) is 18.4 Å². The van der Waals surface area contributed by atoms with Gasteiger partial charge in [0, 0.05) is 6.54 Å². The quantitative estimate of drug-likeness (QED) is 0.759. The maximum Gasteiger partial charge on any atom is 0.234 e. The summed E-state index contributed by atoms with van der Waals surface area (Å²) in [4.78, 5) is 11.8. The fourth-order valence-electron chi connectivity index (χ4n) is 0.986. The molecular weight excluding hydrogens is 200 g/mol. The highest BCUT2D eigenvalue weighted by atomic mass is 32.1. The van der Waals surface area contributed by atoms with Gasteiger partial charge in [0.2, 0.25) is 5.91 Å². The number of nitrogens with one attached hydrogen (secondary N) is 1. The summed E-state index contributed by atoms with van der Waals surface area (Å²) in [7, 11) is 1.63. The lowest BCUT2D eigenvalue weighted by Crippen LogP contribution is -2.38. The van der Waals surface area contributed by atoms with E-state index in [1.54, 1.807) is 25.4 Å². The van der Waals surface area contributed by atoms with Crippen LogP contribution < -0.4 is 15.8 Å². The van der Waals surface area contributed by atoms with Crippen LogP contribution in [0.1, 0.15) is 11.8 Å². The number of rotatable bonds is 5. The molecule has 0 aliphatic rings. The molecule has 0 fully saturated rings. The van der Waals surface area contributed by atoms with E-state index in [1.165, 1.54) is 0 Å². The molecule has 1 heterocycles. The van der Waals surface area contributed by atoms with E-state index in [2.05, 4.69) is 5.32 Å². The normalized spacial score (nSPS) is 12.4. The zero-order valence-electron chi connectivity index (χ0n) is 8.24. The molecule has 1 aromatic rings. The monoisotopic (exact) mass is 214 g/mol. The van der Waals surface area contributed by atoms with E-state index >= 15 is 0 Å². The summed E-state index contributed by atoms with van der Waals surface area (Å²) in [6, 6.07) is 1.58. The van der Waals surface area contributed by atoms with Gasteiger partial charge in [0.25, 0.3) is 0 Å². The van der Waals surface area contributed by atoms with Crippen LogP contribution in [0.4, 0.5) is 0 Å². The van der Waals surface area contributed by atoms with Gasteiger partial charge in [-0.1, -0.05) is 0 Å². The molecule has 0 saturated heterocycles. The minimum Gasteiger partial charge on any atom is -0.496 e. The first-order valence-electron chi connectivity index (χ1n) is 4.28. The lowest BCUT2D eigenvalue weighted by Gasteiger charge is -2.09. The Bertz CT molecular complexity index is 312. The summed E-state index contributed by atoms with van der Waals surface area (Å²) in [5, 5.41) is 4.96. The van der Waals surface area contributed by atoms with Gasteiger partial charge < -0.3 is 15.8 Å². The lowest BCUT2D eigenvalue weighted by molar-refractivity contribution is -0.119. The predicted molar refractivity (Wildman–Crippen MR) is 56.4 cm³/mol. The Hall–Kier alpha value is -1.07. The van der Waals surface area contributed by atoms with Crippen LogP contribution in [0.3, 0.4) is 0 Å². The van der Waals surface area contributed by atoms with E-state index in [1.807, 2.05) is 11.4 Å². The molecule has 3 N–H and O–H groups in total. The summed E-state index contributed by atoms with van der Waals surface area (Å²) in [6.07, 6.45) is 0. The first kappa shape index (κ1) is 11.0. The van der Waals surface area contributed by atoms with Crippen LogP contribution in [-0.2, 0) is 11.3 Å². The van der Waals surface area contributed by atoms with Crippen molar-refractivity contribution < 1.29 is 9.53 Å². The molecular formula is C9H14N2O2S. The number of ether oxygens (including phenoxy) is 1. The van der Waals surface area contributed by atoms with E-state index in [-0.39, 0.29) is 11.9 Å². The maximum atomic E-state index is 10.7. The molecule has 4 nitrogen and oxygen atoms in total. The number of thiophene rings is 1. The summed E-state index contributed by atoms with van der Waals surface area (Å²) in [6.45, 7) is 2.34. The summed E-state index contributed by atoms with van der Waals surface area (Å²) in [5.41, 5.74) is 5.12. The van der Waals surface area contributed by atoms with Gasteiger partial charge in [-0.15, -0.1) is 11.3 Å². The molecule has 1 aromatic heterocycles. The van der Waals surface area contributed by atoms with E-state index in [0.717, 1.165) is 10.6 Å². The molecule has 0 unspecified atom stereocenters. The predicted octanol–water partition coefficient (Wildman–Crippen LogP) is 0.720. The highest BCUT2D eigenvalue weighted by Gasteiger charge is 2.09. The Labute approximate surface area is 87.1 Å². The Morgan fingerprint density at radius 3 is 3.07 bits per heavy atom. The summed E-state index contributed by atoms with van der Waals surface area (Å²) >= 11 is 1.59. The Kier molecular flexibility index (Phi) is 3.91. The SMILES string of the molecule is COc1ccsc1CN[C@@H](C)C(N)=O. The van der Waals surface area contributed by atoms with Gasteiger partial charge >= 0.3 is 0 Å². The van der Waals surface area contributed by atoms with Gasteiger partial charge in [-0.2, -0.15) is 0 Å². The van der Waals surface area contributed by atoms with Crippen LogP contribution in [0.25, 0.3) is 0 Å². The third-order valence-electron chi connectivity index (χ3n) is 1.92. The molecule has 0 aromatic carbocycles. The van der Waals surface area contributed by atoms with Crippen LogP contribution in [-0.4, -0.2) is 19.1 Å². The zero-order chi connectivity index (χ0) is 10.6. The van der Waals surface area contributed by atoms with Crippen molar-refractivity contribution >= 4 is 17.2 Å². The number of nitrogens with two attached hydrogens (primary N) is 1. The number of hydrogen-bond donors (Lipinski definition) is 2. The molecule has 0 radical (unpaired) electrons. The van der Waals surface area contributed by atoms with E-state index in [4.69, 9.17) is 10.5 Å². The summed E-state index contributed by atoms with van der Waals surface area (Å²) in [5.74, 6) is 0.500. The Balaban J connectivity index is 2.49. The van der Waals surface area contributed by atoms with Gasteiger partial charge in [0.05, 0.1) is 18.0 Å². The molecule has 0 aliphatic heterocycles. The average Bonchev–Trinajstić information content (AvgIpc) is 2.60. The molecule has 1 atom stereocenters. The standard InChI is InChI=1S/C9H14N2O2S/c1-6(9(10)12)11-5-8-7(13-2)3-4-14-8/h3-4,6,11H,5H2,1-2H3,(H2,10,12)/t6-/m0/s1. The second-order valence-electron chi connectivity index (χ2n) is 2.92. The minimum atomic E-state index is -0.347. The van der Waals surface area contributed by atoms with E-state index in [0.29, 0.717) is 6.54 Å². The van der Waals surface area contributed by atoms with Crippen molar-refractivity contribution in [3.05, 3.63) is 16.3 Å². The van der Waals surface area contributed by atoms with Gasteiger partial charge in [-0.3, -0.25) is 4.79 Å². The van der Waals surface area contributed by atoms with Crippen molar-refractivity contribution in [2.75, 3.05) is 7.11 Å². The number of methoxy groups -OCH3 is 1. The van der Waals surface area contributed by atoms with Crippen molar-refractivity contribution in [1.29, 1.82) is 0 Å². The summed E-state index contributed by atoms with van der Waals surface area (Å²) < 4.78 is 5.13. The number of primary amides is 1. The average molecular weight is 214 g/mol. The molecule has 0 saturated carbocycles. The van der Waals surface area contributed by atoms with Crippen molar-refractivity contribution in [2.24, 2.45) is 5.73 Å². The first-order valence-corrected chi connectivity index (χ1v) is 5.16. The highest BCUT2D eigenvalue weighted by molar-refractivity contribution is 7.10. The number of hydrogen-bond acceptors (Lipinski definition) is 4.